The SMILES string of the molecule is CCOC(=O)C1OC(=O)c2cc(OC)c(OC)c(OC)c21. The van der Waals surface area contributed by atoms with Crippen molar-refractivity contribution in [3.05, 3.63) is 17.2 Å². The minimum absolute atomic E-state index is 0.178. The third-order valence-corrected chi connectivity index (χ3v) is 3.08. The number of esters is 2. The van der Waals surface area contributed by atoms with E-state index in [-0.39, 0.29) is 23.7 Å². The number of rotatable bonds is 5. The molecule has 0 saturated carbocycles. The molecule has 7 nitrogen and oxygen atoms in total. The van der Waals surface area contributed by atoms with Gasteiger partial charge in [-0.05, 0) is 13.0 Å². The van der Waals surface area contributed by atoms with Gasteiger partial charge in [0.1, 0.15) is 0 Å². The predicted molar refractivity (Wildman–Crippen MR) is 70.9 cm³/mol. The fraction of sp³-hybridized carbons (Fsp3) is 0.429. The van der Waals surface area contributed by atoms with Gasteiger partial charge in [-0.15, -0.1) is 0 Å². The molecule has 0 amide bonds. The quantitative estimate of drug-likeness (QED) is 0.761. The van der Waals surface area contributed by atoms with Gasteiger partial charge in [-0.2, -0.15) is 0 Å². The van der Waals surface area contributed by atoms with Crippen LogP contribution in [0, 0.1) is 0 Å². The highest BCUT2D eigenvalue weighted by atomic mass is 16.6. The van der Waals surface area contributed by atoms with Gasteiger partial charge in [0, 0.05) is 0 Å². The Labute approximate surface area is 121 Å². The summed E-state index contributed by atoms with van der Waals surface area (Å²) in [5, 5.41) is 0. The molecule has 0 radical (unpaired) electrons. The van der Waals surface area contributed by atoms with E-state index >= 15 is 0 Å². The Morgan fingerprint density at radius 2 is 1.86 bits per heavy atom. The summed E-state index contributed by atoms with van der Waals surface area (Å²) in [6, 6.07) is 1.46. The smallest absolute Gasteiger partial charge is 0.352 e. The van der Waals surface area contributed by atoms with Gasteiger partial charge in [0.05, 0.1) is 39.1 Å². The van der Waals surface area contributed by atoms with Crippen LogP contribution in [0.1, 0.15) is 28.9 Å². The molecule has 0 aromatic heterocycles. The Hall–Kier alpha value is -2.44. The van der Waals surface area contributed by atoms with Crippen molar-refractivity contribution in [3.63, 3.8) is 0 Å². The second-order valence-electron chi connectivity index (χ2n) is 4.14. The summed E-state index contributed by atoms with van der Waals surface area (Å²) >= 11 is 0. The van der Waals surface area contributed by atoms with E-state index in [0.717, 1.165) is 0 Å². The highest BCUT2D eigenvalue weighted by Gasteiger charge is 2.42. The molecule has 21 heavy (non-hydrogen) atoms. The Bertz CT molecular complexity index is 579. The highest BCUT2D eigenvalue weighted by Crippen LogP contribution is 2.48. The minimum atomic E-state index is -1.16. The first kappa shape index (κ1) is 15.0. The van der Waals surface area contributed by atoms with Crippen LogP contribution < -0.4 is 14.2 Å². The van der Waals surface area contributed by atoms with Crippen LogP contribution in [-0.2, 0) is 14.3 Å². The number of hydrogen-bond donors (Lipinski definition) is 0. The molecule has 0 saturated heterocycles. The number of carbonyl (C=O) groups excluding carboxylic acids is 2. The number of fused-ring (bicyclic) bond motifs is 1. The first-order valence-electron chi connectivity index (χ1n) is 6.29. The van der Waals surface area contributed by atoms with Crippen molar-refractivity contribution in [2.45, 2.75) is 13.0 Å². The zero-order valence-electron chi connectivity index (χ0n) is 12.2. The van der Waals surface area contributed by atoms with Gasteiger partial charge >= 0.3 is 11.9 Å². The number of methoxy groups -OCH3 is 3. The number of cyclic esters (lactones) is 1. The molecule has 1 unspecified atom stereocenters. The number of ether oxygens (including phenoxy) is 5. The van der Waals surface area contributed by atoms with Crippen molar-refractivity contribution in [2.75, 3.05) is 27.9 Å². The van der Waals surface area contributed by atoms with E-state index < -0.39 is 18.0 Å². The Kier molecular flexibility index (Phi) is 4.21. The van der Waals surface area contributed by atoms with Gasteiger partial charge < -0.3 is 23.7 Å². The molecule has 0 N–H and O–H groups in total. The molecule has 1 atom stereocenters. The van der Waals surface area contributed by atoms with E-state index in [9.17, 15) is 9.59 Å². The topological polar surface area (TPSA) is 80.3 Å². The maximum atomic E-state index is 11.9. The van der Waals surface area contributed by atoms with Gasteiger partial charge in [0.2, 0.25) is 11.9 Å². The lowest BCUT2D eigenvalue weighted by molar-refractivity contribution is -0.153. The Balaban J connectivity index is 2.63. The molecular formula is C14H16O7. The van der Waals surface area contributed by atoms with E-state index in [1.807, 2.05) is 0 Å². The average Bonchev–Trinajstić information content (AvgIpc) is 2.82. The van der Waals surface area contributed by atoms with E-state index in [2.05, 4.69) is 0 Å². The fourth-order valence-electron chi connectivity index (χ4n) is 2.22. The second kappa shape index (κ2) is 5.90. The lowest BCUT2D eigenvalue weighted by atomic mass is 10.0. The van der Waals surface area contributed by atoms with Gasteiger partial charge in [0.15, 0.2) is 11.5 Å². The number of benzene rings is 1. The number of carbonyl (C=O) groups is 2. The van der Waals surface area contributed by atoms with Crippen molar-refractivity contribution in [3.8, 4) is 17.2 Å². The Morgan fingerprint density at radius 1 is 1.19 bits per heavy atom. The van der Waals surface area contributed by atoms with Crippen LogP contribution in [-0.4, -0.2) is 39.9 Å². The number of hydrogen-bond acceptors (Lipinski definition) is 7. The maximum Gasteiger partial charge on any atom is 0.352 e. The Morgan fingerprint density at radius 3 is 2.38 bits per heavy atom. The summed E-state index contributed by atoms with van der Waals surface area (Å²) in [6.07, 6.45) is -1.16. The minimum Gasteiger partial charge on any atom is -0.493 e. The molecule has 1 aliphatic heterocycles. The summed E-state index contributed by atoms with van der Waals surface area (Å²) in [6.45, 7) is 1.85. The standard InChI is InChI=1S/C14H16O7/c1-5-20-14(16)12-9-7(13(15)21-12)6-8(17-2)10(18-3)11(9)19-4/h6,12H,5H2,1-4H3. The van der Waals surface area contributed by atoms with Crippen LogP contribution in [0.2, 0.25) is 0 Å². The third kappa shape index (κ3) is 2.35. The van der Waals surface area contributed by atoms with Crippen LogP contribution in [0.4, 0.5) is 0 Å². The summed E-state index contributed by atoms with van der Waals surface area (Å²) in [5.74, 6) is -0.478. The van der Waals surface area contributed by atoms with Gasteiger partial charge in [-0.25, -0.2) is 9.59 Å². The van der Waals surface area contributed by atoms with E-state index in [1.54, 1.807) is 6.92 Å². The molecule has 2 rings (SSSR count). The molecular weight excluding hydrogens is 280 g/mol. The predicted octanol–water partition coefficient (Wildman–Crippen LogP) is 1.49. The summed E-state index contributed by atoms with van der Waals surface area (Å²) in [7, 11) is 4.28. The van der Waals surface area contributed by atoms with E-state index in [0.29, 0.717) is 11.3 Å². The molecule has 0 spiro atoms. The van der Waals surface area contributed by atoms with Crippen LogP contribution in [0.15, 0.2) is 6.07 Å². The maximum absolute atomic E-state index is 11.9. The van der Waals surface area contributed by atoms with Crippen LogP contribution in [0.3, 0.4) is 0 Å². The van der Waals surface area contributed by atoms with E-state index in [1.165, 1.54) is 27.4 Å². The highest BCUT2D eigenvalue weighted by molar-refractivity contribution is 6.01. The normalized spacial score (nSPS) is 16.0. The monoisotopic (exact) mass is 296 g/mol. The van der Waals surface area contributed by atoms with E-state index in [4.69, 9.17) is 23.7 Å². The van der Waals surface area contributed by atoms with Gasteiger partial charge in [-0.3, -0.25) is 0 Å². The molecule has 7 heteroatoms. The van der Waals surface area contributed by atoms with Crippen molar-refractivity contribution in [1.29, 1.82) is 0 Å². The zero-order chi connectivity index (χ0) is 15.6. The molecule has 0 fully saturated rings. The van der Waals surface area contributed by atoms with Crippen LogP contribution in [0.25, 0.3) is 0 Å². The fourth-order valence-corrected chi connectivity index (χ4v) is 2.22. The molecule has 1 aromatic rings. The third-order valence-electron chi connectivity index (χ3n) is 3.08. The molecule has 114 valence electrons. The van der Waals surface area contributed by atoms with Crippen LogP contribution in [0.5, 0.6) is 17.2 Å². The largest absolute Gasteiger partial charge is 0.493 e. The first-order chi connectivity index (χ1) is 10.1. The lowest BCUT2D eigenvalue weighted by Crippen LogP contribution is -2.16. The van der Waals surface area contributed by atoms with Crippen molar-refractivity contribution in [1.82, 2.24) is 0 Å². The van der Waals surface area contributed by atoms with Crippen molar-refractivity contribution < 1.29 is 33.3 Å². The first-order valence-corrected chi connectivity index (χ1v) is 6.29. The van der Waals surface area contributed by atoms with Crippen LogP contribution >= 0.6 is 0 Å². The summed E-state index contributed by atoms with van der Waals surface area (Å²) in [4.78, 5) is 23.9. The lowest BCUT2D eigenvalue weighted by Gasteiger charge is -2.16. The molecule has 0 aliphatic carbocycles. The van der Waals surface area contributed by atoms with Gasteiger partial charge in [-0.1, -0.05) is 0 Å². The van der Waals surface area contributed by atoms with Crippen molar-refractivity contribution >= 4 is 11.9 Å². The summed E-state index contributed by atoms with van der Waals surface area (Å²) in [5.41, 5.74) is 0.487. The molecule has 0 bridgehead atoms. The zero-order valence-corrected chi connectivity index (χ0v) is 12.2. The average molecular weight is 296 g/mol. The second-order valence-corrected chi connectivity index (χ2v) is 4.14. The van der Waals surface area contributed by atoms with Gasteiger partial charge in [0.25, 0.3) is 0 Å². The summed E-state index contributed by atoms with van der Waals surface area (Å²) < 4.78 is 25.7. The molecule has 1 aliphatic rings. The molecule has 1 heterocycles. The molecule has 1 aromatic carbocycles. The van der Waals surface area contributed by atoms with Crippen molar-refractivity contribution in [2.24, 2.45) is 0 Å².